The van der Waals surface area contributed by atoms with Crippen molar-refractivity contribution >= 4 is 22.4 Å². The van der Waals surface area contributed by atoms with E-state index >= 15 is 0 Å². The van der Waals surface area contributed by atoms with Crippen LogP contribution in [0.2, 0.25) is 0 Å². The van der Waals surface area contributed by atoms with Gasteiger partial charge in [-0.2, -0.15) is 4.37 Å². The molecule has 136 valence electrons. The van der Waals surface area contributed by atoms with Crippen molar-refractivity contribution in [2.75, 3.05) is 24.5 Å². The van der Waals surface area contributed by atoms with Gasteiger partial charge in [-0.05, 0) is 43.4 Å². The lowest BCUT2D eigenvalue weighted by atomic mass is 10.2. The number of hydrogen-bond acceptors (Lipinski definition) is 6. The van der Waals surface area contributed by atoms with E-state index in [1.165, 1.54) is 29.9 Å². The second-order valence-corrected chi connectivity index (χ2v) is 7.51. The average molecular weight is 369 g/mol. The fourth-order valence-electron chi connectivity index (χ4n) is 3.57. The molecule has 1 N–H and O–H groups in total. The van der Waals surface area contributed by atoms with Crippen LogP contribution >= 0.6 is 11.5 Å². The molecule has 3 aliphatic heterocycles. The molecule has 0 aromatic carbocycles. The van der Waals surface area contributed by atoms with E-state index in [2.05, 4.69) is 50.9 Å². The zero-order valence-corrected chi connectivity index (χ0v) is 15.9. The number of hydrogen-bond donors (Lipinski definition) is 1. The first-order valence-corrected chi connectivity index (χ1v) is 9.71. The first kappa shape index (κ1) is 17.1. The number of aromatic nitrogens is 1. The van der Waals surface area contributed by atoms with Crippen molar-refractivity contribution in [2.45, 2.75) is 25.8 Å². The van der Waals surface area contributed by atoms with Crippen molar-refractivity contribution in [3.8, 4) is 0 Å². The predicted octanol–water partition coefficient (Wildman–Crippen LogP) is 3.09. The Bertz CT molecular complexity index is 785. The molecule has 2 fully saturated rings. The Labute approximate surface area is 158 Å². The van der Waals surface area contributed by atoms with E-state index in [4.69, 9.17) is 0 Å². The van der Waals surface area contributed by atoms with Gasteiger partial charge in [0, 0.05) is 55.2 Å². The first-order valence-electron chi connectivity index (χ1n) is 8.94. The second-order valence-electron chi connectivity index (χ2n) is 6.70. The Morgan fingerprint density at radius 3 is 2.88 bits per heavy atom. The number of nitrogens with one attached hydrogen (secondary N) is 1. The third-order valence-electron chi connectivity index (χ3n) is 5.03. The molecule has 3 aliphatic rings. The minimum absolute atomic E-state index is 0.245. The molecule has 1 atom stereocenters. The Kier molecular flexibility index (Phi) is 4.65. The van der Waals surface area contributed by atoms with Crippen LogP contribution in [0.1, 0.15) is 19.8 Å². The van der Waals surface area contributed by atoms with Gasteiger partial charge in [-0.3, -0.25) is 5.01 Å². The molecular weight excluding hydrogens is 344 g/mol. The van der Waals surface area contributed by atoms with Crippen LogP contribution in [-0.2, 0) is 0 Å². The van der Waals surface area contributed by atoms with Crippen molar-refractivity contribution in [2.24, 2.45) is 4.99 Å². The molecule has 0 amide bonds. The summed E-state index contributed by atoms with van der Waals surface area (Å²) in [4.78, 5) is 9.16. The maximum absolute atomic E-state index is 4.65. The normalized spacial score (nSPS) is 23.7. The van der Waals surface area contributed by atoms with Crippen LogP contribution in [0.3, 0.4) is 0 Å². The zero-order chi connectivity index (χ0) is 18.1. The summed E-state index contributed by atoms with van der Waals surface area (Å²) in [5, 5.41) is 3.18. The molecule has 0 saturated carbocycles. The number of amidine groups is 1. The standard InChI is InChI=1S/C19H24N6S/c1-4-18(23-9-5-6-10-23)20-11-14(2)25-12-16-15(3)24(13-17(16)22-25)19-7-8-21-26-19/h4,7-8,11-12,17,22H,1,3,5-6,9-10,13H2,2H3/b14-11+,20-18?. The van der Waals surface area contributed by atoms with Crippen molar-refractivity contribution in [3.05, 3.63) is 60.9 Å². The molecule has 0 spiro atoms. The van der Waals surface area contributed by atoms with E-state index in [0.717, 1.165) is 41.9 Å². The first-order chi connectivity index (χ1) is 12.7. The van der Waals surface area contributed by atoms with Gasteiger partial charge >= 0.3 is 0 Å². The molecule has 4 rings (SSSR count). The van der Waals surface area contributed by atoms with E-state index < -0.39 is 0 Å². The zero-order valence-electron chi connectivity index (χ0n) is 15.1. The minimum atomic E-state index is 0.245. The number of fused-ring (bicyclic) bond motifs is 1. The van der Waals surface area contributed by atoms with E-state index in [0.29, 0.717) is 0 Å². The average Bonchev–Trinajstić information content (AvgIpc) is 3.42. The minimum Gasteiger partial charge on any atom is -0.357 e. The van der Waals surface area contributed by atoms with Gasteiger partial charge in [0.25, 0.3) is 0 Å². The third-order valence-corrected chi connectivity index (χ3v) is 5.80. The highest BCUT2D eigenvalue weighted by atomic mass is 32.1. The van der Waals surface area contributed by atoms with Gasteiger partial charge in [0.1, 0.15) is 10.8 Å². The second kappa shape index (κ2) is 7.09. The molecule has 2 saturated heterocycles. The van der Waals surface area contributed by atoms with Crippen molar-refractivity contribution < 1.29 is 0 Å². The molecule has 4 heterocycles. The maximum atomic E-state index is 4.65. The number of anilines is 1. The summed E-state index contributed by atoms with van der Waals surface area (Å²) >= 11 is 1.50. The van der Waals surface area contributed by atoms with Gasteiger partial charge in [0.05, 0.1) is 6.04 Å². The molecule has 1 aromatic heterocycles. The molecule has 0 radical (unpaired) electrons. The van der Waals surface area contributed by atoms with Crippen LogP contribution in [0.5, 0.6) is 0 Å². The number of nitrogens with zero attached hydrogens (tertiary/aromatic N) is 5. The van der Waals surface area contributed by atoms with Crippen molar-refractivity contribution in [1.82, 2.24) is 19.7 Å². The number of aliphatic imine (C=N–C) groups is 1. The number of rotatable bonds is 4. The SMILES string of the molecule is C=CC(=N/C=C(\C)N1C=C2C(=C)N(c3ccns3)CC2N1)N1CCCC1. The van der Waals surface area contributed by atoms with Gasteiger partial charge in [-0.1, -0.05) is 13.2 Å². The van der Waals surface area contributed by atoms with Gasteiger partial charge < -0.3 is 9.80 Å². The van der Waals surface area contributed by atoms with Crippen LogP contribution in [0, 0.1) is 0 Å². The summed E-state index contributed by atoms with van der Waals surface area (Å²) in [6.07, 6.45) is 10.2. The van der Waals surface area contributed by atoms with E-state index in [-0.39, 0.29) is 6.04 Å². The lowest BCUT2D eigenvalue weighted by Crippen LogP contribution is -2.38. The van der Waals surface area contributed by atoms with Crippen molar-refractivity contribution in [1.29, 1.82) is 0 Å². The van der Waals surface area contributed by atoms with E-state index in [9.17, 15) is 0 Å². The number of allylic oxidation sites excluding steroid dienone is 1. The fraction of sp³-hybridized carbons (Fsp3) is 0.368. The molecule has 1 aromatic rings. The summed E-state index contributed by atoms with van der Waals surface area (Å²) in [6.45, 7) is 13.2. The van der Waals surface area contributed by atoms with E-state index in [1.807, 2.05) is 29.5 Å². The van der Waals surface area contributed by atoms with Gasteiger partial charge in [0.2, 0.25) is 0 Å². The van der Waals surface area contributed by atoms with Crippen molar-refractivity contribution in [3.63, 3.8) is 0 Å². The molecule has 26 heavy (non-hydrogen) atoms. The van der Waals surface area contributed by atoms with Gasteiger partial charge in [-0.25, -0.2) is 10.4 Å². The Morgan fingerprint density at radius 2 is 2.23 bits per heavy atom. The summed E-state index contributed by atoms with van der Waals surface area (Å²) < 4.78 is 4.19. The number of hydrazine groups is 1. The Hall–Kier alpha value is -2.38. The van der Waals surface area contributed by atoms with Crippen LogP contribution < -0.4 is 10.3 Å². The summed E-state index contributed by atoms with van der Waals surface area (Å²) in [6, 6.07) is 2.28. The smallest absolute Gasteiger partial charge is 0.127 e. The third kappa shape index (κ3) is 3.08. The maximum Gasteiger partial charge on any atom is 0.127 e. The molecule has 6 nitrogen and oxygen atoms in total. The van der Waals surface area contributed by atoms with E-state index in [1.54, 1.807) is 0 Å². The quantitative estimate of drug-likeness (QED) is 0.654. The summed E-state index contributed by atoms with van der Waals surface area (Å²) in [5.74, 6) is 0.953. The highest BCUT2D eigenvalue weighted by Crippen LogP contribution is 2.36. The predicted molar refractivity (Wildman–Crippen MR) is 108 cm³/mol. The molecular formula is C19H24N6S. The lowest BCUT2D eigenvalue weighted by molar-refractivity contribution is 0.342. The molecule has 0 bridgehead atoms. The van der Waals surface area contributed by atoms with Crippen LogP contribution in [0.15, 0.2) is 65.9 Å². The van der Waals surface area contributed by atoms with Gasteiger partial charge in [0.15, 0.2) is 0 Å². The Morgan fingerprint density at radius 1 is 1.42 bits per heavy atom. The Balaban J connectivity index is 1.47. The lowest BCUT2D eigenvalue weighted by Gasteiger charge is -2.22. The summed E-state index contributed by atoms with van der Waals surface area (Å²) in [5.41, 5.74) is 6.83. The monoisotopic (exact) mass is 368 g/mol. The molecule has 0 aliphatic carbocycles. The molecule has 1 unspecified atom stereocenters. The van der Waals surface area contributed by atoms with Crippen LogP contribution in [0.25, 0.3) is 0 Å². The molecule has 7 heteroatoms. The summed E-state index contributed by atoms with van der Waals surface area (Å²) in [7, 11) is 0. The topological polar surface area (TPSA) is 47.0 Å². The number of likely N-dealkylation sites (tertiary alicyclic amines) is 1. The van der Waals surface area contributed by atoms with Crippen LogP contribution in [0.4, 0.5) is 5.00 Å². The van der Waals surface area contributed by atoms with Gasteiger partial charge in [-0.15, -0.1) is 0 Å². The highest BCUT2D eigenvalue weighted by Gasteiger charge is 2.37. The highest BCUT2D eigenvalue weighted by molar-refractivity contribution is 7.10. The largest absolute Gasteiger partial charge is 0.357 e. The van der Waals surface area contributed by atoms with Crippen LogP contribution in [-0.4, -0.2) is 45.8 Å². The fourth-order valence-corrected chi connectivity index (χ4v) is 4.21.